The molecule has 4 nitrogen and oxygen atoms in total. The fourth-order valence-electron chi connectivity index (χ4n) is 2.86. The third-order valence-corrected chi connectivity index (χ3v) is 5.02. The van der Waals surface area contributed by atoms with Gasteiger partial charge >= 0.3 is 0 Å². The summed E-state index contributed by atoms with van der Waals surface area (Å²) in [6.45, 7) is 1.32. The van der Waals surface area contributed by atoms with Crippen LogP contribution in [0.1, 0.15) is 39.9 Å². The lowest BCUT2D eigenvalue weighted by Crippen LogP contribution is -2.30. The fourth-order valence-corrected chi connectivity index (χ4v) is 3.85. The number of carbonyl (C=O) groups excluding carboxylic acids is 1. The van der Waals surface area contributed by atoms with Crippen LogP contribution in [-0.4, -0.2) is 28.9 Å². The van der Waals surface area contributed by atoms with Crippen LogP contribution in [0.4, 0.5) is 0 Å². The standard InChI is InChI=1S/C16H18ClN3OS/c17-12-4-1-3-11(9-12)14-5-2-8-20(14)16(21)13-10-22-15(19-13)6-7-18/h1,3-4,9-10,14H,2,5-8,18H2. The molecule has 0 aliphatic carbocycles. The highest BCUT2D eigenvalue weighted by molar-refractivity contribution is 7.09. The quantitative estimate of drug-likeness (QED) is 0.932. The van der Waals surface area contributed by atoms with E-state index in [1.165, 1.54) is 11.3 Å². The summed E-state index contributed by atoms with van der Waals surface area (Å²) in [5.41, 5.74) is 7.16. The molecule has 22 heavy (non-hydrogen) atoms. The van der Waals surface area contributed by atoms with Gasteiger partial charge < -0.3 is 10.6 Å². The molecule has 1 aromatic carbocycles. The summed E-state index contributed by atoms with van der Waals surface area (Å²) in [7, 11) is 0. The molecule has 1 aliphatic rings. The number of amides is 1. The minimum atomic E-state index is 0.00185. The molecule has 3 rings (SSSR count). The maximum absolute atomic E-state index is 12.7. The third kappa shape index (κ3) is 3.16. The van der Waals surface area contributed by atoms with Crippen LogP contribution < -0.4 is 5.73 Å². The monoisotopic (exact) mass is 335 g/mol. The molecule has 0 bridgehead atoms. The van der Waals surface area contributed by atoms with Gasteiger partial charge in [0.05, 0.1) is 11.0 Å². The van der Waals surface area contributed by atoms with Gasteiger partial charge in [-0.1, -0.05) is 23.7 Å². The Bertz CT molecular complexity index is 673. The van der Waals surface area contributed by atoms with Gasteiger partial charge in [-0.05, 0) is 37.1 Å². The van der Waals surface area contributed by atoms with Crippen molar-refractivity contribution in [1.82, 2.24) is 9.88 Å². The SMILES string of the molecule is NCCc1nc(C(=O)N2CCCC2c2cccc(Cl)c2)cs1. The van der Waals surface area contributed by atoms with Gasteiger partial charge in [-0.2, -0.15) is 0 Å². The van der Waals surface area contributed by atoms with Gasteiger partial charge in [0.2, 0.25) is 0 Å². The summed E-state index contributed by atoms with van der Waals surface area (Å²) < 4.78 is 0. The highest BCUT2D eigenvalue weighted by Crippen LogP contribution is 2.34. The number of thiazole rings is 1. The maximum atomic E-state index is 12.7. The molecule has 6 heteroatoms. The normalized spacial score (nSPS) is 17.9. The molecular weight excluding hydrogens is 318 g/mol. The smallest absolute Gasteiger partial charge is 0.273 e. The van der Waals surface area contributed by atoms with Crippen molar-refractivity contribution in [2.75, 3.05) is 13.1 Å². The zero-order valence-electron chi connectivity index (χ0n) is 12.2. The average Bonchev–Trinajstić information content (AvgIpc) is 3.16. The van der Waals surface area contributed by atoms with E-state index >= 15 is 0 Å². The minimum absolute atomic E-state index is 0.00185. The van der Waals surface area contributed by atoms with Crippen LogP contribution in [0.5, 0.6) is 0 Å². The Kier molecular flexibility index (Phi) is 4.76. The lowest BCUT2D eigenvalue weighted by Gasteiger charge is -2.24. The predicted octanol–water partition coefficient (Wildman–Crippen LogP) is 3.28. The number of hydrogen-bond acceptors (Lipinski definition) is 4. The molecule has 2 heterocycles. The average molecular weight is 336 g/mol. The van der Waals surface area contributed by atoms with Crippen LogP contribution in [-0.2, 0) is 6.42 Å². The first kappa shape index (κ1) is 15.5. The molecule has 1 aliphatic heterocycles. The number of nitrogens with two attached hydrogens (primary N) is 1. The molecule has 2 aromatic rings. The van der Waals surface area contributed by atoms with Gasteiger partial charge in [-0.3, -0.25) is 4.79 Å². The van der Waals surface area contributed by atoms with E-state index in [2.05, 4.69) is 4.98 Å². The molecule has 0 spiro atoms. The summed E-state index contributed by atoms with van der Waals surface area (Å²) in [5, 5.41) is 3.46. The second kappa shape index (κ2) is 6.77. The fraction of sp³-hybridized carbons (Fsp3) is 0.375. The first-order valence-corrected chi connectivity index (χ1v) is 8.65. The predicted molar refractivity (Wildman–Crippen MR) is 89.3 cm³/mol. The Labute approximate surface area is 138 Å². The Morgan fingerprint density at radius 3 is 3.14 bits per heavy atom. The van der Waals surface area contributed by atoms with E-state index < -0.39 is 0 Å². The number of carbonyl (C=O) groups is 1. The summed E-state index contributed by atoms with van der Waals surface area (Å²) in [5.74, 6) is 0.00185. The van der Waals surface area contributed by atoms with Crippen molar-refractivity contribution in [2.24, 2.45) is 5.73 Å². The van der Waals surface area contributed by atoms with E-state index in [-0.39, 0.29) is 11.9 Å². The number of nitrogens with zero attached hydrogens (tertiary/aromatic N) is 2. The third-order valence-electron chi connectivity index (χ3n) is 3.88. The number of aromatic nitrogens is 1. The van der Waals surface area contributed by atoms with Crippen molar-refractivity contribution < 1.29 is 4.79 Å². The van der Waals surface area contributed by atoms with E-state index in [0.29, 0.717) is 17.3 Å². The summed E-state index contributed by atoms with van der Waals surface area (Å²) in [4.78, 5) is 19.1. The zero-order chi connectivity index (χ0) is 15.5. The second-order valence-corrected chi connectivity index (χ2v) is 6.76. The van der Waals surface area contributed by atoms with Crippen LogP contribution in [0, 0.1) is 0 Å². The van der Waals surface area contributed by atoms with Gasteiger partial charge in [0.1, 0.15) is 5.69 Å². The van der Waals surface area contributed by atoms with E-state index in [4.69, 9.17) is 17.3 Å². The summed E-state index contributed by atoms with van der Waals surface area (Å²) in [6.07, 6.45) is 2.68. The molecule has 1 atom stereocenters. The highest BCUT2D eigenvalue weighted by atomic mass is 35.5. The molecule has 1 unspecified atom stereocenters. The maximum Gasteiger partial charge on any atom is 0.273 e. The molecule has 2 N–H and O–H groups in total. The molecule has 116 valence electrons. The van der Waals surface area contributed by atoms with Crippen molar-refractivity contribution in [3.8, 4) is 0 Å². The number of rotatable bonds is 4. The summed E-state index contributed by atoms with van der Waals surface area (Å²) in [6, 6.07) is 7.85. The molecule has 1 fully saturated rings. The van der Waals surface area contributed by atoms with Crippen LogP contribution >= 0.6 is 22.9 Å². The van der Waals surface area contributed by atoms with Crippen LogP contribution in [0.2, 0.25) is 5.02 Å². The Morgan fingerprint density at radius 2 is 2.36 bits per heavy atom. The van der Waals surface area contributed by atoms with Crippen LogP contribution in [0.3, 0.4) is 0 Å². The topological polar surface area (TPSA) is 59.2 Å². The Morgan fingerprint density at radius 1 is 1.50 bits per heavy atom. The van der Waals surface area contributed by atoms with Gasteiger partial charge in [0.15, 0.2) is 0 Å². The number of hydrogen-bond donors (Lipinski definition) is 1. The molecule has 0 radical (unpaired) electrons. The Balaban J connectivity index is 1.81. The van der Waals surface area contributed by atoms with Gasteiger partial charge in [0, 0.05) is 23.4 Å². The largest absolute Gasteiger partial charge is 0.330 e. The van der Waals surface area contributed by atoms with E-state index in [9.17, 15) is 4.79 Å². The molecular formula is C16H18ClN3OS. The van der Waals surface area contributed by atoms with E-state index in [1.54, 1.807) is 0 Å². The number of likely N-dealkylation sites (tertiary alicyclic amines) is 1. The van der Waals surface area contributed by atoms with Crippen molar-refractivity contribution in [1.29, 1.82) is 0 Å². The van der Waals surface area contributed by atoms with Crippen molar-refractivity contribution in [3.63, 3.8) is 0 Å². The van der Waals surface area contributed by atoms with Crippen LogP contribution in [0.25, 0.3) is 0 Å². The lowest BCUT2D eigenvalue weighted by atomic mass is 10.0. The van der Waals surface area contributed by atoms with Gasteiger partial charge in [0.25, 0.3) is 5.91 Å². The van der Waals surface area contributed by atoms with Gasteiger partial charge in [-0.25, -0.2) is 4.98 Å². The number of benzene rings is 1. The first-order valence-electron chi connectivity index (χ1n) is 7.40. The van der Waals surface area contributed by atoms with Crippen molar-refractivity contribution >= 4 is 28.8 Å². The molecule has 1 saturated heterocycles. The van der Waals surface area contributed by atoms with Crippen molar-refractivity contribution in [3.05, 3.63) is 50.9 Å². The molecule has 1 amide bonds. The molecule has 0 saturated carbocycles. The van der Waals surface area contributed by atoms with Crippen molar-refractivity contribution in [2.45, 2.75) is 25.3 Å². The van der Waals surface area contributed by atoms with Crippen LogP contribution in [0.15, 0.2) is 29.6 Å². The minimum Gasteiger partial charge on any atom is -0.330 e. The summed E-state index contributed by atoms with van der Waals surface area (Å²) >= 11 is 7.58. The lowest BCUT2D eigenvalue weighted by molar-refractivity contribution is 0.0730. The zero-order valence-corrected chi connectivity index (χ0v) is 13.7. The van der Waals surface area contributed by atoms with E-state index in [0.717, 1.165) is 36.4 Å². The first-order chi connectivity index (χ1) is 10.7. The van der Waals surface area contributed by atoms with Gasteiger partial charge in [-0.15, -0.1) is 11.3 Å². The molecule has 1 aromatic heterocycles. The van der Waals surface area contributed by atoms with E-state index in [1.807, 2.05) is 34.5 Å². The second-order valence-electron chi connectivity index (χ2n) is 5.38. The Hall–Kier alpha value is -1.43. The highest BCUT2D eigenvalue weighted by Gasteiger charge is 2.31. The number of halogens is 1.